The number of carbonyl (C=O) groups is 1. The number of primary amides is 1. The summed E-state index contributed by atoms with van der Waals surface area (Å²) < 4.78 is 10.4. The van der Waals surface area contributed by atoms with Crippen molar-refractivity contribution in [3.05, 3.63) is 30.3 Å². The summed E-state index contributed by atoms with van der Waals surface area (Å²) in [4.78, 5) is 8.78. The van der Waals surface area contributed by atoms with Gasteiger partial charge in [0.15, 0.2) is 0 Å². The molecule has 0 bridgehead atoms. The van der Waals surface area contributed by atoms with Crippen LogP contribution < -0.4 is 10.5 Å². The number of hydrogen-bond acceptors (Lipinski definition) is 3. The lowest BCUT2D eigenvalue weighted by Crippen LogP contribution is -2.03. The largest absolute Gasteiger partial charge is 0.491 e. The van der Waals surface area contributed by atoms with Gasteiger partial charge >= 0.3 is 6.09 Å². The molecule has 0 radical (unpaired) electrons. The van der Waals surface area contributed by atoms with Crippen molar-refractivity contribution < 1.29 is 19.4 Å². The maximum absolute atomic E-state index is 8.78. The van der Waals surface area contributed by atoms with E-state index in [-0.39, 0.29) is 0 Å². The quantitative estimate of drug-likeness (QED) is 0.733. The molecule has 1 aromatic rings. The number of amides is 1. The van der Waals surface area contributed by atoms with E-state index in [1.54, 1.807) is 0 Å². The normalized spacial score (nSPS) is 17.2. The molecule has 0 spiro atoms. The van der Waals surface area contributed by atoms with Crippen LogP contribution in [0.1, 0.15) is 0 Å². The molecule has 1 atom stereocenters. The van der Waals surface area contributed by atoms with Crippen molar-refractivity contribution >= 4 is 6.09 Å². The molecule has 3 N–H and O–H groups in total. The lowest BCUT2D eigenvalue weighted by molar-refractivity contribution is 0.205. The molecule has 1 amide bonds. The van der Waals surface area contributed by atoms with Gasteiger partial charge in [-0.15, -0.1) is 0 Å². The van der Waals surface area contributed by atoms with Gasteiger partial charge in [-0.3, -0.25) is 0 Å². The Hall–Kier alpha value is -1.75. The van der Waals surface area contributed by atoms with Gasteiger partial charge in [0, 0.05) is 0 Å². The minimum Gasteiger partial charge on any atom is -0.491 e. The van der Waals surface area contributed by atoms with Gasteiger partial charge in [0.2, 0.25) is 0 Å². The molecule has 1 aromatic carbocycles. The molecule has 0 aliphatic carbocycles. The highest BCUT2D eigenvalue weighted by Crippen LogP contribution is 2.13. The van der Waals surface area contributed by atoms with E-state index in [0.717, 1.165) is 12.4 Å². The van der Waals surface area contributed by atoms with E-state index in [9.17, 15) is 0 Å². The van der Waals surface area contributed by atoms with Gasteiger partial charge in [0.25, 0.3) is 0 Å². The summed E-state index contributed by atoms with van der Waals surface area (Å²) in [6.45, 7) is 1.54. The molecule has 5 heteroatoms. The number of hydrogen-bond donors (Lipinski definition) is 2. The second-order valence-corrected chi connectivity index (χ2v) is 2.92. The van der Waals surface area contributed by atoms with E-state index < -0.39 is 6.09 Å². The third-order valence-electron chi connectivity index (χ3n) is 1.58. The van der Waals surface area contributed by atoms with Crippen LogP contribution in [0.3, 0.4) is 0 Å². The fraction of sp³-hybridized carbons (Fsp3) is 0.300. The van der Waals surface area contributed by atoms with E-state index in [0.29, 0.717) is 12.7 Å². The predicted octanol–water partition coefficient (Wildman–Crippen LogP) is 1.09. The maximum atomic E-state index is 8.78. The zero-order valence-electron chi connectivity index (χ0n) is 8.13. The Kier molecular flexibility index (Phi) is 4.43. The molecule has 1 aliphatic rings. The molecule has 1 aliphatic heterocycles. The predicted molar refractivity (Wildman–Crippen MR) is 53.9 cm³/mol. The van der Waals surface area contributed by atoms with Gasteiger partial charge in [-0.2, -0.15) is 0 Å². The van der Waals surface area contributed by atoms with Crippen LogP contribution >= 0.6 is 0 Å². The minimum absolute atomic E-state index is 0.343. The van der Waals surface area contributed by atoms with Crippen molar-refractivity contribution in [2.45, 2.75) is 6.10 Å². The second kappa shape index (κ2) is 5.87. The maximum Gasteiger partial charge on any atom is 0.402 e. The highest BCUT2D eigenvalue weighted by atomic mass is 16.6. The first-order valence-corrected chi connectivity index (χ1v) is 4.46. The number of para-hydroxylation sites is 1. The Morgan fingerprint density at radius 2 is 2.07 bits per heavy atom. The van der Waals surface area contributed by atoms with Gasteiger partial charge in [0.05, 0.1) is 6.61 Å². The van der Waals surface area contributed by atoms with Gasteiger partial charge in [-0.25, -0.2) is 4.79 Å². The molecule has 82 valence electrons. The monoisotopic (exact) mass is 211 g/mol. The summed E-state index contributed by atoms with van der Waals surface area (Å²) in [5.74, 6) is 0.919. The van der Waals surface area contributed by atoms with E-state index in [4.69, 9.17) is 19.4 Å². The van der Waals surface area contributed by atoms with Crippen LogP contribution in [-0.4, -0.2) is 30.5 Å². The Labute approximate surface area is 87.4 Å². The number of rotatable bonds is 3. The van der Waals surface area contributed by atoms with Crippen molar-refractivity contribution in [1.29, 1.82) is 0 Å². The standard InChI is InChI=1S/C9H10O2.CH3NO2/c1-2-4-8(5-3-1)10-6-9-7-11-9;2-1(3)4/h1-5,9H,6-7H2;2H2,(H,3,4). The van der Waals surface area contributed by atoms with Gasteiger partial charge in [-0.05, 0) is 12.1 Å². The summed E-state index contributed by atoms with van der Waals surface area (Å²) in [7, 11) is 0. The van der Waals surface area contributed by atoms with Crippen molar-refractivity contribution in [3.63, 3.8) is 0 Å². The van der Waals surface area contributed by atoms with Crippen LogP contribution in [0.25, 0.3) is 0 Å². The number of nitrogens with two attached hydrogens (primary N) is 1. The van der Waals surface area contributed by atoms with Gasteiger partial charge in [-0.1, -0.05) is 18.2 Å². The molecular weight excluding hydrogens is 198 g/mol. The highest BCUT2D eigenvalue weighted by molar-refractivity contribution is 5.61. The Morgan fingerprint density at radius 3 is 2.53 bits per heavy atom. The van der Waals surface area contributed by atoms with Crippen LogP contribution in [0.15, 0.2) is 30.3 Å². The van der Waals surface area contributed by atoms with Crippen molar-refractivity contribution in [2.24, 2.45) is 5.73 Å². The van der Waals surface area contributed by atoms with Crippen LogP contribution in [-0.2, 0) is 4.74 Å². The van der Waals surface area contributed by atoms with E-state index in [1.807, 2.05) is 30.3 Å². The van der Waals surface area contributed by atoms with E-state index in [1.165, 1.54) is 0 Å². The Balaban J connectivity index is 0.000000245. The van der Waals surface area contributed by atoms with Crippen LogP contribution in [0.2, 0.25) is 0 Å². The summed E-state index contributed by atoms with van der Waals surface area (Å²) >= 11 is 0. The average Bonchev–Trinajstić information content (AvgIpc) is 2.99. The number of benzene rings is 1. The molecule has 0 aromatic heterocycles. The summed E-state index contributed by atoms with van der Waals surface area (Å²) in [6.07, 6.45) is -0.991. The molecule has 15 heavy (non-hydrogen) atoms. The molecule has 0 saturated carbocycles. The fourth-order valence-electron chi connectivity index (χ4n) is 0.870. The molecule has 1 fully saturated rings. The summed E-state index contributed by atoms with van der Waals surface area (Å²) in [5.41, 5.74) is 4.03. The number of epoxide rings is 1. The topological polar surface area (TPSA) is 85.1 Å². The highest BCUT2D eigenvalue weighted by Gasteiger charge is 2.22. The Bertz CT molecular complexity index is 294. The molecule has 1 heterocycles. The van der Waals surface area contributed by atoms with Crippen molar-refractivity contribution in [3.8, 4) is 5.75 Å². The van der Waals surface area contributed by atoms with E-state index in [2.05, 4.69) is 5.73 Å². The van der Waals surface area contributed by atoms with Crippen LogP contribution in [0, 0.1) is 0 Å². The molecule has 5 nitrogen and oxygen atoms in total. The van der Waals surface area contributed by atoms with Crippen molar-refractivity contribution in [1.82, 2.24) is 0 Å². The number of ether oxygens (including phenoxy) is 2. The molecule has 1 saturated heterocycles. The molecule has 2 rings (SSSR count). The minimum atomic E-state index is -1.33. The second-order valence-electron chi connectivity index (χ2n) is 2.92. The molecule has 1 unspecified atom stereocenters. The zero-order chi connectivity index (χ0) is 11.1. The SMILES string of the molecule is NC(=O)O.c1ccc(OCC2CO2)cc1. The smallest absolute Gasteiger partial charge is 0.402 e. The first-order valence-electron chi connectivity index (χ1n) is 4.46. The van der Waals surface area contributed by atoms with E-state index >= 15 is 0 Å². The van der Waals surface area contributed by atoms with Gasteiger partial charge < -0.3 is 20.3 Å². The lowest BCUT2D eigenvalue weighted by atomic mass is 10.3. The molecular formula is C10H13NO4. The number of carboxylic acid groups (broad SMARTS) is 1. The zero-order valence-corrected chi connectivity index (χ0v) is 8.13. The Morgan fingerprint density at radius 1 is 1.53 bits per heavy atom. The first kappa shape index (κ1) is 11.3. The average molecular weight is 211 g/mol. The first-order chi connectivity index (χ1) is 7.18. The van der Waals surface area contributed by atoms with Gasteiger partial charge in [0.1, 0.15) is 18.5 Å². The van der Waals surface area contributed by atoms with Crippen LogP contribution in [0.4, 0.5) is 4.79 Å². The van der Waals surface area contributed by atoms with Crippen LogP contribution in [0.5, 0.6) is 5.75 Å². The summed E-state index contributed by atoms with van der Waals surface area (Å²) in [5, 5.41) is 7.19. The lowest BCUT2D eigenvalue weighted by Gasteiger charge is -2.01. The summed E-state index contributed by atoms with van der Waals surface area (Å²) in [6, 6.07) is 9.79. The third-order valence-corrected chi connectivity index (χ3v) is 1.58. The fourth-order valence-corrected chi connectivity index (χ4v) is 0.870. The third kappa shape index (κ3) is 6.34. The van der Waals surface area contributed by atoms with Crippen molar-refractivity contribution in [2.75, 3.05) is 13.2 Å².